The standard InChI is InChI=1S/C21H22N6O5/c1-4-26-14(7-11(2)25-26)19(31)24-20-23-13-8-12(18(22)30)9-15-17(13)27(20)21(3,10-32-15)6-5-16(28)29/h5-9H,4,10H2,1-3H3,(H2,22,30)(H,28,29)(H,23,24,31)/b6-5+. The van der Waals surface area contributed by atoms with Crippen LogP contribution in [0.25, 0.3) is 11.0 Å². The molecule has 0 fully saturated rings. The molecule has 4 rings (SSSR count). The molecule has 1 aliphatic rings. The van der Waals surface area contributed by atoms with Crippen LogP contribution in [0.1, 0.15) is 40.4 Å². The number of hydrogen-bond acceptors (Lipinski definition) is 6. The summed E-state index contributed by atoms with van der Waals surface area (Å²) in [5.74, 6) is -1.65. The van der Waals surface area contributed by atoms with Crippen molar-refractivity contribution in [2.24, 2.45) is 5.73 Å². The van der Waals surface area contributed by atoms with E-state index in [1.807, 2.05) is 6.92 Å². The monoisotopic (exact) mass is 438 g/mol. The van der Waals surface area contributed by atoms with Crippen LogP contribution in [-0.4, -0.2) is 48.8 Å². The number of nitrogens with two attached hydrogens (primary N) is 1. The lowest BCUT2D eigenvalue weighted by molar-refractivity contribution is -0.131. The molecule has 0 radical (unpaired) electrons. The molecule has 11 nitrogen and oxygen atoms in total. The maximum absolute atomic E-state index is 13.1. The molecule has 1 aliphatic heterocycles. The average molecular weight is 438 g/mol. The van der Waals surface area contributed by atoms with Crippen LogP contribution in [0, 0.1) is 6.92 Å². The zero-order chi connectivity index (χ0) is 23.2. The van der Waals surface area contributed by atoms with E-state index in [-0.39, 0.29) is 18.1 Å². The van der Waals surface area contributed by atoms with Crippen LogP contribution >= 0.6 is 0 Å². The number of carbonyl (C=O) groups is 3. The van der Waals surface area contributed by atoms with E-state index in [1.165, 1.54) is 18.2 Å². The van der Waals surface area contributed by atoms with Gasteiger partial charge in [0, 0.05) is 18.2 Å². The molecule has 0 aliphatic carbocycles. The number of anilines is 1. The lowest BCUT2D eigenvalue weighted by atomic mass is 10.00. The number of carboxylic acids is 1. The van der Waals surface area contributed by atoms with Gasteiger partial charge in [-0.2, -0.15) is 5.10 Å². The molecule has 1 atom stereocenters. The smallest absolute Gasteiger partial charge is 0.328 e. The molecule has 0 saturated carbocycles. The predicted molar refractivity (Wildman–Crippen MR) is 115 cm³/mol. The van der Waals surface area contributed by atoms with Crippen LogP contribution in [0.2, 0.25) is 0 Å². The molecule has 4 N–H and O–H groups in total. The third-order valence-electron chi connectivity index (χ3n) is 5.28. The summed E-state index contributed by atoms with van der Waals surface area (Å²) in [6.45, 7) is 5.98. The Morgan fingerprint density at radius 2 is 2.09 bits per heavy atom. The molecule has 0 bridgehead atoms. The number of ether oxygens (including phenoxy) is 1. The number of nitrogens with zero attached hydrogens (tertiary/aromatic N) is 4. The van der Waals surface area contributed by atoms with E-state index in [0.29, 0.717) is 34.7 Å². The zero-order valence-corrected chi connectivity index (χ0v) is 17.7. The first-order chi connectivity index (χ1) is 15.1. The quantitative estimate of drug-likeness (QED) is 0.494. The number of carboxylic acid groups (broad SMARTS) is 1. The third-order valence-corrected chi connectivity index (χ3v) is 5.28. The highest BCUT2D eigenvalue weighted by molar-refractivity contribution is 6.04. The van der Waals surface area contributed by atoms with Gasteiger partial charge in [0.25, 0.3) is 5.91 Å². The molecule has 2 aromatic heterocycles. The van der Waals surface area contributed by atoms with Gasteiger partial charge in [-0.15, -0.1) is 0 Å². The van der Waals surface area contributed by atoms with Crippen LogP contribution in [0.15, 0.2) is 30.4 Å². The largest absolute Gasteiger partial charge is 0.488 e. The third kappa shape index (κ3) is 3.47. The fourth-order valence-corrected chi connectivity index (χ4v) is 3.80. The lowest BCUT2D eigenvalue weighted by Crippen LogP contribution is -2.39. The summed E-state index contributed by atoms with van der Waals surface area (Å²) >= 11 is 0. The molecular weight excluding hydrogens is 416 g/mol. The second-order valence-corrected chi connectivity index (χ2v) is 7.74. The fourth-order valence-electron chi connectivity index (χ4n) is 3.80. The number of hydrogen-bond donors (Lipinski definition) is 3. The van der Waals surface area contributed by atoms with E-state index >= 15 is 0 Å². The Morgan fingerprint density at radius 3 is 2.75 bits per heavy atom. The van der Waals surface area contributed by atoms with E-state index in [9.17, 15) is 14.4 Å². The molecule has 1 aromatic carbocycles. The van der Waals surface area contributed by atoms with Gasteiger partial charge in [0.1, 0.15) is 23.6 Å². The minimum atomic E-state index is -1.12. The Balaban J connectivity index is 1.89. The van der Waals surface area contributed by atoms with Crippen LogP contribution in [0.5, 0.6) is 5.75 Å². The summed E-state index contributed by atoms with van der Waals surface area (Å²) in [6.07, 6.45) is 2.48. The van der Waals surface area contributed by atoms with Crippen molar-refractivity contribution in [2.75, 3.05) is 11.9 Å². The van der Waals surface area contributed by atoms with Gasteiger partial charge >= 0.3 is 5.97 Å². The SMILES string of the molecule is CCn1nc(C)cc1C(=O)Nc1nc2cc(C(N)=O)cc3c2n1C(C)(/C=C/C(=O)O)CO3. The van der Waals surface area contributed by atoms with E-state index in [1.54, 1.807) is 29.2 Å². The number of benzene rings is 1. The highest BCUT2D eigenvalue weighted by Crippen LogP contribution is 2.40. The Labute approximate surface area is 182 Å². The highest BCUT2D eigenvalue weighted by atomic mass is 16.5. The summed E-state index contributed by atoms with van der Waals surface area (Å²) < 4.78 is 9.11. The first-order valence-corrected chi connectivity index (χ1v) is 9.90. The second-order valence-electron chi connectivity index (χ2n) is 7.74. The molecule has 0 saturated heterocycles. The number of imidazole rings is 1. The van der Waals surface area contributed by atoms with Crippen molar-refractivity contribution in [3.8, 4) is 5.75 Å². The van der Waals surface area contributed by atoms with Crippen LogP contribution in [-0.2, 0) is 16.9 Å². The average Bonchev–Trinajstić information content (AvgIpc) is 3.30. The Bertz CT molecular complexity index is 1300. The molecule has 1 unspecified atom stereocenters. The Kier molecular flexibility index (Phi) is 4.96. The number of rotatable bonds is 6. The number of aliphatic carboxylic acids is 1. The van der Waals surface area contributed by atoms with Gasteiger partial charge < -0.3 is 15.6 Å². The highest BCUT2D eigenvalue weighted by Gasteiger charge is 2.36. The van der Waals surface area contributed by atoms with E-state index < -0.39 is 23.3 Å². The van der Waals surface area contributed by atoms with Crippen molar-refractivity contribution in [3.63, 3.8) is 0 Å². The fraction of sp³-hybridized carbons (Fsp3) is 0.286. The minimum absolute atomic E-state index is 0.0479. The predicted octanol–water partition coefficient (Wildman–Crippen LogP) is 1.66. The van der Waals surface area contributed by atoms with Gasteiger partial charge in [0.15, 0.2) is 0 Å². The molecule has 3 heterocycles. The normalized spacial score (nSPS) is 17.5. The number of carbonyl (C=O) groups excluding carboxylic acids is 2. The Hall–Kier alpha value is -4.15. The summed E-state index contributed by atoms with van der Waals surface area (Å²) in [5, 5.41) is 16.2. The lowest BCUT2D eigenvalue weighted by Gasteiger charge is -2.34. The number of aryl methyl sites for hydroxylation is 2. The minimum Gasteiger partial charge on any atom is -0.488 e. The van der Waals surface area contributed by atoms with Crippen LogP contribution in [0.3, 0.4) is 0 Å². The van der Waals surface area contributed by atoms with Crippen molar-refractivity contribution in [2.45, 2.75) is 32.9 Å². The summed E-state index contributed by atoms with van der Waals surface area (Å²) in [4.78, 5) is 40.5. The van der Waals surface area contributed by atoms with Gasteiger partial charge in [0.2, 0.25) is 11.9 Å². The first kappa shape index (κ1) is 21.1. The van der Waals surface area contributed by atoms with Gasteiger partial charge in [-0.3, -0.25) is 24.2 Å². The van der Waals surface area contributed by atoms with Gasteiger partial charge in [-0.1, -0.05) is 0 Å². The van der Waals surface area contributed by atoms with Crippen molar-refractivity contribution < 1.29 is 24.2 Å². The number of primary amides is 1. The van der Waals surface area contributed by atoms with Gasteiger partial charge in [-0.05, 0) is 45.0 Å². The number of amides is 2. The van der Waals surface area contributed by atoms with Crippen LogP contribution < -0.4 is 15.8 Å². The van der Waals surface area contributed by atoms with Crippen LogP contribution in [0.4, 0.5) is 5.95 Å². The molecule has 0 spiro atoms. The van der Waals surface area contributed by atoms with E-state index in [4.69, 9.17) is 15.6 Å². The van der Waals surface area contributed by atoms with E-state index in [0.717, 1.165) is 6.08 Å². The van der Waals surface area contributed by atoms with Gasteiger partial charge in [-0.25, -0.2) is 9.78 Å². The molecular formula is C21H22N6O5. The number of nitrogens with one attached hydrogen (secondary N) is 1. The molecule has 166 valence electrons. The zero-order valence-electron chi connectivity index (χ0n) is 17.7. The second kappa shape index (κ2) is 7.52. The maximum atomic E-state index is 13.1. The summed E-state index contributed by atoms with van der Waals surface area (Å²) in [6, 6.07) is 4.68. The molecule has 32 heavy (non-hydrogen) atoms. The van der Waals surface area contributed by atoms with Crippen molar-refractivity contribution >= 4 is 34.8 Å². The number of aromatic nitrogens is 4. The van der Waals surface area contributed by atoms with E-state index in [2.05, 4.69) is 15.4 Å². The van der Waals surface area contributed by atoms with Crippen molar-refractivity contribution in [1.29, 1.82) is 0 Å². The van der Waals surface area contributed by atoms with Crippen molar-refractivity contribution in [1.82, 2.24) is 19.3 Å². The molecule has 11 heteroatoms. The molecule has 3 aromatic rings. The maximum Gasteiger partial charge on any atom is 0.328 e. The van der Waals surface area contributed by atoms with Crippen molar-refractivity contribution in [3.05, 3.63) is 47.3 Å². The first-order valence-electron chi connectivity index (χ1n) is 9.90. The van der Waals surface area contributed by atoms with Gasteiger partial charge in [0.05, 0.1) is 16.7 Å². The summed E-state index contributed by atoms with van der Waals surface area (Å²) in [5.41, 5.74) is 6.61. The molecule has 2 amide bonds. The summed E-state index contributed by atoms with van der Waals surface area (Å²) in [7, 11) is 0. The Morgan fingerprint density at radius 1 is 1.34 bits per heavy atom. The topological polar surface area (TPSA) is 154 Å².